The number of likely N-dealkylation sites (tertiary alicyclic amines) is 1. The Morgan fingerprint density at radius 3 is 2.88 bits per heavy atom. The number of carbonyl (C=O) groups is 1. The van der Waals surface area contributed by atoms with Gasteiger partial charge in [0.15, 0.2) is 0 Å². The highest BCUT2D eigenvalue weighted by Gasteiger charge is 2.33. The Hall–Kier alpha value is -3.61. The molecule has 0 radical (unpaired) electrons. The fourth-order valence-corrected chi connectivity index (χ4v) is 6.85. The molecular formula is C32H40N6O3. The summed E-state index contributed by atoms with van der Waals surface area (Å²) in [4.78, 5) is 26.5. The minimum absolute atomic E-state index is 0.122. The van der Waals surface area contributed by atoms with E-state index in [2.05, 4.69) is 58.7 Å². The lowest BCUT2D eigenvalue weighted by Gasteiger charge is -2.42. The predicted octanol–water partition coefficient (Wildman–Crippen LogP) is 3.31. The van der Waals surface area contributed by atoms with E-state index < -0.39 is 0 Å². The summed E-state index contributed by atoms with van der Waals surface area (Å²) in [5.41, 5.74) is 6.42. The molecule has 2 fully saturated rings. The van der Waals surface area contributed by atoms with E-state index in [0.717, 1.165) is 51.3 Å². The van der Waals surface area contributed by atoms with Crippen LogP contribution >= 0.6 is 0 Å². The summed E-state index contributed by atoms with van der Waals surface area (Å²) >= 11 is 0. The third kappa shape index (κ3) is 5.64. The number of piperazine rings is 1. The van der Waals surface area contributed by atoms with E-state index in [-0.39, 0.29) is 18.4 Å². The number of nitrogens with zero attached hydrogens (tertiary/aromatic N) is 6. The molecule has 0 spiro atoms. The van der Waals surface area contributed by atoms with Crippen LogP contribution in [0.4, 0.5) is 11.5 Å². The number of carbonyl (C=O) groups excluding carboxylic acids is 1. The van der Waals surface area contributed by atoms with Gasteiger partial charge in [-0.1, -0.05) is 18.7 Å². The van der Waals surface area contributed by atoms with Gasteiger partial charge in [0.1, 0.15) is 12.4 Å². The fraction of sp³-hybridized carbons (Fsp3) is 0.531. The zero-order valence-electron chi connectivity index (χ0n) is 24.1. The fourth-order valence-electron chi connectivity index (χ4n) is 6.85. The van der Waals surface area contributed by atoms with E-state index in [1.807, 2.05) is 0 Å². The number of benzene rings is 1. The number of rotatable bonds is 7. The lowest BCUT2D eigenvalue weighted by molar-refractivity contribution is -0.128. The third-order valence-electron chi connectivity index (χ3n) is 9.18. The van der Waals surface area contributed by atoms with Crippen molar-refractivity contribution in [1.82, 2.24) is 14.8 Å². The van der Waals surface area contributed by atoms with Crippen molar-refractivity contribution < 1.29 is 14.3 Å². The second-order valence-electron chi connectivity index (χ2n) is 11.6. The highest BCUT2D eigenvalue weighted by Crippen LogP contribution is 2.36. The Morgan fingerprint density at radius 1 is 1.17 bits per heavy atom. The molecule has 0 unspecified atom stereocenters. The molecule has 6 rings (SSSR count). The van der Waals surface area contributed by atoms with Crippen molar-refractivity contribution >= 4 is 17.4 Å². The normalized spacial score (nSPS) is 22.6. The van der Waals surface area contributed by atoms with Gasteiger partial charge in [0.2, 0.25) is 11.8 Å². The molecule has 1 aromatic heterocycles. The van der Waals surface area contributed by atoms with Gasteiger partial charge in [0.25, 0.3) is 0 Å². The minimum atomic E-state index is -0.204. The monoisotopic (exact) mass is 556 g/mol. The second-order valence-corrected chi connectivity index (χ2v) is 11.6. The van der Waals surface area contributed by atoms with Crippen molar-refractivity contribution in [2.45, 2.75) is 57.3 Å². The molecule has 0 N–H and O–H groups in total. The Morgan fingerprint density at radius 2 is 2.07 bits per heavy atom. The number of hydrogen-bond donors (Lipinski definition) is 0. The average molecular weight is 557 g/mol. The van der Waals surface area contributed by atoms with Crippen molar-refractivity contribution in [2.75, 3.05) is 62.8 Å². The molecular weight excluding hydrogens is 516 g/mol. The van der Waals surface area contributed by atoms with E-state index in [1.165, 1.54) is 40.4 Å². The molecule has 1 amide bonds. The number of hydrogen-bond acceptors (Lipinski definition) is 8. The van der Waals surface area contributed by atoms with Crippen LogP contribution in [0, 0.1) is 11.3 Å². The van der Waals surface area contributed by atoms with Crippen LogP contribution in [-0.2, 0) is 35.5 Å². The number of aromatic nitrogens is 1. The lowest BCUT2D eigenvalue weighted by atomic mass is 9.96. The number of pyridine rings is 1. The van der Waals surface area contributed by atoms with Gasteiger partial charge in [-0.2, -0.15) is 10.2 Å². The zero-order valence-corrected chi connectivity index (χ0v) is 24.1. The maximum atomic E-state index is 12.5. The van der Waals surface area contributed by atoms with Crippen LogP contribution in [0.1, 0.15) is 41.5 Å². The predicted molar refractivity (Wildman–Crippen MR) is 158 cm³/mol. The second kappa shape index (κ2) is 12.1. The molecule has 4 aliphatic heterocycles. The number of anilines is 2. The van der Waals surface area contributed by atoms with Crippen LogP contribution in [0.5, 0.6) is 5.88 Å². The van der Waals surface area contributed by atoms with Crippen LogP contribution in [0.2, 0.25) is 0 Å². The minimum Gasteiger partial charge on any atom is -0.476 e. The first-order valence-corrected chi connectivity index (χ1v) is 14.9. The molecule has 2 saturated heterocycles. The van der Waals surface area contributed by atoms with Gasteiger partial charge in [-0.3, -0.25) is 4.79 Å². The molecule has 2 atom stereocenters. The molecule has 1 aromatic carbocycles. The summed E-state index contributed by atoms with van der Waals surface area (Å²) in [5.74, 6) is 1.47. The first kappa shape index (κ1) is 27.6. The highest BCUT2D eigenvalue weighted by atomic mass is 16.5. The summed E-state index contributed by atoms with van der Waals surface area (Å²) in [6, 6.07) is 11.2. The average Bonchev–Trinajstić information content (AvgIpc) is 3.43. The van der Waals surface area contributed by atoms with Crippen molar-refractivity contribution in [1.29, 1.82) is 5.26 Å². The molecule has 2 aromatic rings. The highest BCUT2D eigenvalue weighted by molar-refractivity contribution is 5.87. The van der Waals surface area contributed by atoms with Gasteiger partial charge in [-0.15, -0.1) is 0 Å². The third-order valence-corrected chi connectivity index (χ3v) is 9.18. The maximum absolute atomic E-state index is 12.5. The van der Waals surface area contributed by atoms with E-state index >= 15 is 0 Å². The quantitative estimate of drug-likeness (QED) is 0.481. The van der Waals surface area contributed by atoms with Crippen molar-refractivity contribution in [3.05, 3.63) is 59.2 Å². The zero-order chi connectivity index (χ0) is 28.3. The molecule has 216 valence electrons. The lowest BCUT2D eigenvalue weighted by Crippen LogP contribution is -2.55. The Kier molecular flexibility index (Phi) is 8.13. The van der Waals surface area contributed by atoms with Crippen LogP contribution < -0.4 is 14.5 Å². The molecule has 4 aliphatic rings. The van der Waals surface area contributed by atoms with Gasteiger partial charge in [-0.05, 0) is 62.5 Å². The topological polar surface area (TPSA) is 85.2 Å². The summed E-state index contributed by atoms with van der Waals surface area (Å²) in [6.07, 6.45) is 5.77. The Labute approximate surface area is 242 Å². The SMILES string of the molecule is C=CC(=O)N1CCN(c2nc(OC[C@@H]3CCCN3C)cc3c2CCN(c2cccc4c2COCC4)C3)C[C@@H]1CC#N. The van der Waals surface area contributed by atoms with Crippen LogP contribution in [-0.4, -0.2) is 85.8 Å². The summed E-state index contributed by atoms with van der Waals surface area (Å²) in [7, 11) is 2.16. The Balaban J connectivity index is 1.31. The molecule has 0 aliphatic carbocycles. The number of ether oxygens (including phenoxy) is 2. The molecule has 0 saturated carbocycles. The van der Waals surface area contributed by atoms with Crippen molar-refractivity contribution in [3.8, 4) is 11.9 Å². The smallest absolute Gasteiger partial charge is 0.246 e. The molecule has 0 bridgehead atoms. The van der Waals surface area contributed by atoms with Crippen molar-refractivity contribution in [2.24, 2.45) is 0 Å². The molecule has 5 heterocycles. The van der Waals surface area contributed by atoms with Crippen molar-refractivity contribution in [3.63, 3.8) is 0 Å². The molecule has 41 heavy (non-hydrogen) atoms. The first-order chi connectivity index (χ1) is 20.1. The van der Waals surface area contributed by atoms with Gasteiger partial charge in [0.05, 0.1) is 31.7 Å². The molecule has 9 heteroatoms. The van der Waals surface area contributed by atoms with Gasteiger partial charge >= 0.3 is 0 Å². The van der Waals surface area contributed by atoms with E-state index in [0.29, 0.717) is 44.8 Å². The largest absolute Gasteiger partial charge is 0.476 e. The number of nitriles is 1. The number of likely N-dealkylation sites (N-methyl/N-ethyl adjacent to an activating group) is 1. The standard InChI is InChI=1S/C32H40N6O3/c1-3-31(39)38-16-15-37(20-25(38)9-12-33)32-27-10-14-36(29-8-4-6-23-11-17-40-22-28(23)29)19-24(27)18-30(34-32)41-21-26-7-5-13-35(26)2/h3-4,6,8,18,25-26H,1,5,7,9-11,13-17,19-22H2,2H3/t25-,26-/m0/s1. The van der Waals surface area contributed by atoms with E-state index in [9.17, 15) is 10.1 Å². The first-order valence-electron chi connectivity index (χ1n) is 14.9. The van der Waals surface area contributed by atoms with Crippen LogP contribution in [0.25, 0.3) is 0 Å². The number of fused-ring (bicyclic) bond motifs is 2. The summed E-state index contributed by atoms with van der Waals surface area (Å²) < 4.78 is 12.2. The maximum Gasteiger partial charge on any atom is 0.246 e. The molecule has 9 nitrogen and oxygen atoms in total. The van der Waals surface area contributed by atoms with Gasteiger partial charge in [-0.25, -0.2) is 0 Å². The van der Waals surface area contributed by atoms with Crippen LogP contribution in [0.15, 0.2) is 36.9 Å². The summed E-state index contributed by atoms with van der Waals surface area (Å²) in [5, 5.41) is 9.51. The number of amides is 1. The van der Waals surface area contributed by atoms with Gasteiger partial charge < -0.3 is 29.1 Å². The Bertz CT molecular complexity index is 1340. The summed E-state index contributed by atoms with van der Waals surface area (Å²) in [6.45, 7) is 10.2. The van der Waals surface area contributed by atoms with Gasteiger partial charge in [0, 0.05) is 61.6 Å². The van der Waals surface area contributed by atoms with E-state index in [4.69, 9.17) is 14.5 Å². The van der Waals surface area contributed by atoms with E-state index in [1.54, 1.807) is 4.90 Å². The van der Waals surface area contributed by atoms with Crippen LogP contribution in [0.3, 0.4) is 0 Å².